The fraction of sp³-hybridized carbons (Fsp3) is 0.636. The van der Waals surface area contributed by atoms with Crippen molar-refractivity contribution in [3.8, 4) is 0 Å². The molecule has 1 aliphatic rings. The van der Waals surface area contributed by atoms with Gasteiger partial charge >= 0.3 is 0 Å². The van der Waals surface area contributed by atoms with Gasteiger partial charge in [0.15, 0.2) is 0 Å². The first-order chi connectivity index (χ1) is 13.6. The number of hydrogen-bond acceptors (Lipinski definition) is 3. The van der Waals surface area contributed by atoms with E-state index in [0.717, 1.165) is 12.1 Å². The summed E-state index contributed by atoms with van der Waals surface area (Å²) in [7, 11) is 4.08. The highest BCUT2D eigenvalue weighted by atomic mass is 35.5. The van der Waals surface area contributed by atoms with Crippen LogP contribution in [0.5, 0.6) is 0 Å². The number of hydrogen-bond donors (Lipinski definition) is 1. The Bertz CT molecular complexity index is 714. The standard InChI is InChI=1S/C22H33Cl2N3O2/c1-22(2,15-26(3)4)14-25-21(29)17-10-12-27(13-11-17)19(28)9-8-16-6-5-7-18(23)20(16)24/h5-7,17H,8-15H2,1-4H3,(H,25,29). The number of aryl methyl sites for hydroxylation is 1. The maximum Gasteiger partial charge on any atom is 0.223 e. The highest BCUT2D eigenvalue weighted by molar-refractivity contribution is 6.42. The maximum absolute atomic E-state index is 12.5. The van der Waals surface area contributed by atoms with Gasteiger partial charge in [0.2, 0.25) is 11.8 Å². The molecule has 0 aliphatic carbocycles. The lowest BCUT2D eigenvalue weighted by Gasteiger charge is -2.33. The number of piperidine rings is 1. The monoisotopic (exact) mass is 441 g/mol. The van der Waals surface area contributed by atoms with Crippen molar-refractivity contribution in [2.24, 2.45) is 11.3 Å². The van der Waals surface area contributed by atoms with Crippen molar-refractivity contribution in [3.05, 3.63) is 33.8 Å². The van der Waals surface area contributed by atoms with Gasteiger partial charge < -0.3 is 15.1 Å². The van der Waals surface area contributed by atoms with Gasteiger partial charge in [-0.05, 0) is 50.4 Å². The van der Waals surface area contributed by atoms with E-state index in [2.05, 4.69) is 24.1 Å². The topological polar surface area (TPSA) is 52.7 Å². The highest BCUT2D eigenvalue weighted by Crippen LogP contribution is 2.27. The summed E-state index contributed by atoms with van der Waals surface area (Å²) in [6.45, 7) is 7.13. The number of carbonyl (C=O) groups is 2. The second kappa shape index (κ2) is 10.6. The molecule has 1 saturated heterocycles. The SMILES string of the molecule is CN(C)CC(C)(C)CNC(=O)C1CCN(C(=O)CCc2cccc(Cl)c2Cl)CC1. The number of likely N-dealkylation sites (tertiary alicyclic amines) is 1. The summed E-state index contributed by atoms with van der Waals surface area (Å²) in [6, 6.07) is 5.49. The molecule has 0 saturated carbocycles. The van der Waals surface area contributed by atoms with E-state index >= 15 is 0 Å². The Balaban J connectivity index is 1.75. The van der Waals surface area contributed by atoms with Gasteiger partial charge in [-0.3, -0.25) is 9.59 Å². The molecule has 1 fully saturated rings. The van der Waals surface area contributed by atoms with E-state index in [4.69, 9.17) is 23.2 Å². The molecule has 162 valence electrons. The van der Waals surface area contributed by atoms with E-state index in [1.165, 1.54) is 0 Å². The predicted octanol–water partition coefficient (Wildman–Crippen LogP) is 3.87. The Morgan fingerprint density at radius 1 is 1.21 bits per heavy atom. The Kier molecular flexibility index (Phi) is 8.80. The van der Waals surface area contributed by atoms with E-state index in [1.807, 2.05) is 31.1 Å². The van der Waals surface area contributed by atoms with Gasteiger partial charge in [0, 0.05) is 38.5 Å². The van der Waals surface area contributed by atoms with Crippen LogP contribution < -0.4 is 5.32 Å². The molecule has 1 N–H and O–H groups in total. The third-order valence-corrected chi connectivity index (χ3v) is 6.20. The minimum atomic E-state index is -0.0171. The van der Waals surface area contributed by atoms with E-state index in [1.54, 1.807) is 6.07 Å². The van der Waals surface area contributed by atoms with Crippen LogP contribution in [0.3, 0.4) is 0 Å². The summed E-state index contributed by atoms with van der Waals surface area (Å²) in [4.78, 5) is 29.1. The average molecular weight is 442 g/mol. The molecular formula is C22H33Cl2N3O2. The van der Waals surface area contributed by atoms with E-state index in [9.17, 15) is 9.59 Å². The van der Waals surface area contributed by atoms with Gasteiger partial charge in [0.05, 0.1) is 10.0 Å². The zero-order chi connectivity index (χ0) is 21.6. The first-order valence-electron chi connectivity index (χ1n) is 10.2. The smallest absolute Gasteiger partial charge is 0.223 e. The Hall–Kier alpha value is -1.30. The molecule has 7 heteroatoms. The molecule has 2 amide bonds. The molecule has 1 aromatic rings. The molecule has 0 atom stereocenters. The molecule has 1 aliphatic heterocycles. The van der Waals surface area contributed by atoms with Gasteiger partial charge in [-0.2, -0.15) is 0 Å². The minimum Gasteiger partial charge on any atom is -0.355 e. The van der Waals surface area contributed by atoms with Crippen molar-refractivity contribution in [3.63, 3.8) is 0 Å². The molecule has 1 heterocycles. The third-order valence-electron chi connectivity index (χ3n) is 5.34. The van der Waals surface area contributed by atoms with Crippen LogP contribution >= 0.6 is 23.2 Å². The fourth-order valence-electron chi connectivity index (χ4n) is 3.92. The summed E-state index contributed by atoms with van der Waals surface area (Å²) in [5.41, 5.74) is 0.916. The van der Waals surface area contributed by atoms with E-state index in [-0.39, 0.29) is 23.1 Å². The third kappa shape index (κ3) is 7.47. The van der Waals surface area contributed by atoms with Gasteiger partial charge in [0.25, 0.3) is 0 Å². The number of amides is 2. The second-order valence-electron chi connectivity index (χ2n) is 8.99. The van der Waals surface area contributed by atoms with Crippen LogP contribution in [0.15, 0.2) is 18.2 Å². The summed E-state index contributed by atoms with van der Waals surface area (Å²) in [5.74, 6) is 0.193. The van der Waals surface area contributed by atoms with Crippen molar-refractivity contribution in [2.75, 3.05) is 40.3 Å². The number of rotatable bonds is 8. The van der Waals surface area contributed by atoms with Gasteiger partial charge in [-0.15, -0.1) is 0 Å². The Morgan fingerprint density at radius 2 is 1.86 bits per heavy atom. The molecule has 0 radical (unpaired) electrons. The lowest BCUT2D eigenvalue weighted by Crippen LogP contribution is -2.46. The minimum absolute atomic E-state index is 0.0171. The van der Waals surface area contributed by atoms with Gasteiger partial charge in [-0.1, -0.05) is 49.2 Å². The first kappa shape index (κ1) is 24.0. The highest BCUT2D eigenvalue weighted by Gasteiger charge is 2.28. The molecule has 0 aromatic heterocycles. The largest absolute Gasteiger partial charge is 0.355 e. The van der Waals surface area contributed by atoms with Crippen LogP contribution in [0.25, 0.3) is 0 Å². The normalized spacial score (nSPS) is 15.6. The van der Waals surface area contributed by atoms with E-state index in [0.29, 0.717) is 55.4 Å². The maximum atomic E-state index is 12.5. The molecule has 0 unspecified atom stereocenters. The number of halogens is 2. The van der Waals surface area contributed by atoms with E-state index < -0.39 is 0 Å². The van der Waals surface area contributed by atoms with Crippen LogP contribution in [0, 0.1) is 11.3 Å². The van der Waals surface area contributed by atoms with Crippen molar-refractivity contribution in [1.82, 2.24) is 15.1 Å². The number of nitrogens with zero attached hydrogens (tertiary/aromatic N) is 2. The van der Waals surface area contributed by atoms with Gasteiger partial charge in [0.1, 0.15) is 0 Å². The number of carbonyl (C=O) groups excluding carboxylic acids is 2. The predicted molar refractivity (Wildman–Crippen MR) is 119 cm³/mol. The fourth-order valence-corrected chi connectivity index (χ4v) is 4.33. The van der Waals surface area contributed by atoms with Crippen LogP contribution in [-0.2, 0) is 16.0 Å². The van der Waals surface area contributed by atoms with Crippen LogP contribution in [0.2, 0.25) is 10.0 Å². The Morgan fingerprint density at radius 3 is 2.48 bits per heavy atom. The molecule has 1 aromatic carbocycles. The Labute approximate surface area is 184 Å². The molecule has 5 nitrogen and oxygen atoms in total. The van der Waals surface area contributed by atoms with Crippen molar-refractivity contribution < 1.29 is 9.59 Å². The molecule has 29 heavy (non-hydrogen) atoms. The lowest BCUT2D eigenvalue weighted by molar-refractivity contribution is -0.135. The summed E-state index contributed by atoms with van der Waals surface area (Å²) < 4.78 is 0. The number of nitrogens with one attached hydrogen (secondary N) is 1. The first-order valence-corrected chi connectivity index (χ1v) is 11.0. The van der Waals surface area contributed by atoms with Crippen molar-refractivity contribution in [1.29, 1.82) is 0 Å². The zero-order valence-corrected chi connectivity index (χ0v) is 19.4. The van der Waals surface area contributed by atoms with Crippen molar-refractivity contribution >= 4 is 35.0 Å². The molecular weight excluding hydrogens is 409 g/mol. The quantitative estimate of drug-likeness (QED) is 0.665. The second-order valence-corrected chi connectivity index (χ2v) is 9.77. The van der Waals surface area contributed by atoms with Gasteiger partial charge in [-0.25, -0.2) is 0 Å². The molecule has 0 spiro atoms. The summed E-state index contributed by atoms with van der Waals surface area (Å²) in [5, 5.41) is 4.14. The zero-order valence-electron chi connectivity index (χ0n) is 17.9. The summed E-state index contributed by atoms with van der Waals surface area (Å²) in [6.07, 6.45) is 2.39. The average Bonchev–Trinajstić information content (AvgIpc) is 2.66. The number of benzene rings is 1. The van der Waals surface area contributed by atoms with Crippen LogP contribution in [-0.4, -0.2) is 61.9 Å². The summed E-state index contributed by atoms with van der Waals surface area (Å²) >= 11 is 12.2. The van der Waals surface area contributed by atoms with Crippen LogP contribution in [0.1, 0.15) is 38.7 Å². The van der Waals surface area contributed by atoms with Crippen molar-refractivity contribution in [2.45, 2.75) is 39.5 Å². The molecule has 2 rings (SSSR count). The lowest BCUT2D eigenvalue weighted by atomic mass is 9.91. The van der Waals surface area contributed by atoms with Crippen LogP contribution in [0.4, 0.5) is 0 Å². The molecule has 0 bridgehead atoms.